The van der Waals surface area contributed by atoms with Gasteiger partial charge in [0.15, 0.2) is 0 Å². The molecule has 0 radical (unpaired) electrons. The Hall–Kier alpha value is -1.50. The molecule has 1 aromatic rings. The quantitative estimate of drug-likeness (QED) is 0.452. The summed E-state index contributed by atoms with van der Waals surface area (Å²) in [4.78, 5) is 14.7. The number of aromatic nitrogens is 1. The average molecular weight is 238 g/mol. The molecule has 0 aliphatic heterocycles. The normalized spacial score (nSPS) is 10.4. The summed E-state index contributed by atoms with van der Waals surface area (Å²) in [5.74, 6) is -1.00. The summed E-state index contributed by atoms with van der Waals surface area (Å²) in [6, 6.07) is 4.97. The highest BCUT2D eigenvalue weighted by Gasteiger charge is 2.04. The van der Waals surface area contributed by atoms with Crippen molar-refractivity contribution in [3.8, 4) is 0 Å². The summed E-state index contributed by atoms with van der Waals surface area (Å²) in [7, 11) is 0. The topological polar surface area (TPSA) is 100 Å². The molecule has 0 amide bonds. The lowest BCUT2D eigenvalue weighted by Gasteiger charge is -2.05. The van der Waals surface area contributed by atoms with Crippen LogP contribution < -0.4 is 16.4 Å². The summed E-state index contributed by atoms with van der Waals surface area (Å²) in [5.41, 5.74) is 6.13. The zero-order valence-electron chi connectivity index (χ0n) is 9.65. The molecule has 0 bridgehead atoms. The fourth-order valence-corrected chi connectivity index (χ4v) is 1.32. The Morgan fingerprint density at radius 3 is 2.76 bits per heavy atom. The van der Waals surface area contributed by atoms with Gasteiger partial charge in [-0.15, -0.1) is 0 Å². The molecule has 0 aliphatic carbocycles. The van der Waals surface area contributed by atoms with Crippen LogP contribution in [0.4, 0.5) is 0 Å². The van der Waals surface area contributed by atoms with Crippen molar-refractivity contribution in [2.24, 2.45) is 5.73 Å². The zero-order valence-corrected chi connectivity index (χ0v) is 9.65. The van der Waals surface area contributed by atoms with Gasteiger partial charge in [0.2, 0.25) is 0 Å². The molecule has 0 fully saturated rings. The molecule has 0 aromatic carbocycles. The molecule has 0 spiro atoms. The molecule has 6 heteroatoms. The van der Waals surface area contributed by atoms with Crippen LogP contribution in [0.1, 0.15) is 16.2 Å². The molecule has 1 aromatic heterocycles. The van der Waals surface area contributed by atoms with E-state index in [1.165, 1.54) is 6.07 Å². The van der Waals surface area contributed by atoms with Crippen molar-refractivity contribution >= 4 is 5.97 Å². The van der Waals surface area contributed by atoms with Crippen molar-refractivity contribution in [3.63, 3.8) is 0 Å². The number of hydrogen-bond acceptors (Lipinski definition) is 5. The number of nitrogens with one attached hydrogen (secondary N) is 2. The van der Waals surface area contributed by atoms with Crippen molar-refractivity contribution < 1.29 is 9.90 Å². The maximum Gasteiger partial charge on any atom is 0.354 e. The van der Waals surface area contributed by atoms with Gasteiger partial charge in [-0.3, -0.25) is 0 Å². The molecule has 6 nitrogen and oxygen atoms in total. The third kappa shape index (κ3) is 5.39. The third-order valence-electron chi connectivity index (χ3n) is 2.13. The molecular weight excluding hydrogens is 220 g/mol. The highest BCUT2D eigenvalue weighted by Crippen LogP contribution is 1.98. The number of carboxylic acids is 1. The summed E-state index contributed by atoms with van der Waals surface area (Å²) < 4.78 is 0. The van der Waals surface area contributed by atoms with Gasteiger partial charge in [0.05, 0.1) is 5.69 Å². The Labute approximate surface area is 100 Å². The van der Waals surface area contributed by atoms with Crippen LogP contribution in [0.3, 0.4) is 0 Å². The number of hydrogen-bond donors (Lipinski definition) is 4. The van der Waals surface area contributed by atoms with E-state index in [1.807, 2.05) is 0 Å². The minimum absolute atomic E-state index is 0.0746. The molecule has 5 N–H and O–H groups in total. The number of rotatable bonds is 8. The van der Waals surface area contributed by atoms with Crippen LogP contribution in [-0.2, 0) is 6.54 Å². The van der Waals surface area contributed by atoms with Crippen molar-refractivity contribution in [1.82, 2.24) is 15.6 Å². The molecule has 1 rings (SSSR count). The number of carboxylic acid groups (broad SMARTS) is 1. The first-order valence-corrected chi connectivity index (χ1v) is 5.54. The summed E-state index contributed by atoms with van der Waals surface area (Å²) >= 11 is 0. The van der Waals surface area contributed by atoms with E-state index < -0.39 is 5.97 Å². The highest BCUT2D eigenvalue weighted by atomic mass is 16.4. The molecule has 17 heavy (non-hydrogen) atoms. The Kier molecular flexibility index (Phi) is 6.16. The van der Waals surface area contributed by atoms with Crippen molar-refractivity contribution in [2.45, 2.75) is 6.54 Å². The maximum atomic E-state index is 10.7. The SMILES string of the molecule is NCCNCCNCc1cccc(C(=O)O)n1. The van der Waals surface area contributed by atoms with E-state index in [0.29, 0.717) is 13.1 Å². The third-order valence-corrected chi connectivity index (χ3v) is 2.13. The van der Waals surface area contributed by atoms with Crippen molar-refractivity contribution in [3.05, 3.63) is 29.6 Å². The first-order valence-electron chi connectivity index (χ1n) is 5.54. The van der Waals surface area contributed by atoms with Crippen LogP contribution >= 0.6 is 0 Å². The number of nitrogens with zero attached hydrogens (tertiary/aromatic N) is 1. The van der Waals surface area contributed by atoms with Gasteiger partial charge in [-0.2, -0.15) is 0 Å². The first-order chi connectivity index (χ1) is 8.24. The first kappa shape index (κ1) is 13.6. The molecule has 1 heterocycles. The Bertz CT molecular complexity index is 357. The maximum absolute atomic E-state index is 10.7. The molecule has 94 valence electrons. The van der Waals surface area contributed by atoms with Crippen LogP contribution in [0.25, 0.3) is 0 Å². The number of carbonyl (C=O) groups is 1. The van der Waals surface area contributed by atoms with Crippen molar-refractivity contribution in [1.29, 1.82) is 0 Å². The molecular formula is C11H18N4O2. The zero-order chi connectivity index (χ0) is 12.5. The lowest BCUT2D eigenvalue weighted by molar-refractivity contribution is 0.0690. The van der Waals surface area contributed by atoms with E-state index in [9.17, 15) is 4.79 Å². The van der Waals surface area contributed by atoms with Crippen LogP contribution in [-0.4, -0.2) is 42.2 Å². The molecule has 0 saturated heterocycles. The summed E-state index contributed by atoms with van der Waals surface area (Å²) in [6.07, 6.45) is 0. The highest BCUT2D eigenvalue weighted by molar-refractivity contribution is 5.85. The smallest absolute Gasteiger partial charge is 0.354 e. The predicted molar refractivity (Wildman–Crippen MR) is 64.8 cm³/mol. The lowest BCUT2D eigenvalue weighted by Crippen LogP contribution is -2.30. The monoisotopic (exact) mass is 238 g/mol. The second kappa shape index (κ2) is 7.72. The largest absolute Gasteiger partial charge is 0.477 e. The van der Waals surface area contributed by atoms with E-state index in [0.717, 1.165) is 25.3 Å². The Balaban J connectivity index is 2.27. The minimum atomic E-state index is -1.00. The average Bonchev–Trinajstić information content (AvgIpc) is 2.34. The van der Waals surface area contributed by atoms with Crippen LogP contribution in [0.2, 0.25) is 0 Å². The van der Waals surface area contributed by atoms with Gasteiger partial charge < -0.3 is 21.5 Å². The van der Waals surface area contributed by atoms with Gasteiger partial charge in [0, 0.05) is 32.7 Å². The molecule has 0 atom stereocenters. The summed E-state index contributed by atoms with van der Waals surface area (Å²) in [6.45, 7) is 3.61. The van der Waals surface area contributed by atoms with Crippen LogP contribution in [0.5, 0.6) is 0 Å². The van der Waals surface area contributed by atoms with Gasteiger partial charge in [-0.1, -0.05) is 6.07 Å². The van der Waals surface area contributed by atoms with E-state index in [2.05, 4.69) is 15.6 Å². The lowest BCUT2D eigenvalue weighted by atomic mass is 10.3. The van der Waals surface area contributed by atoms with E-state index in [-0.39, 0.29) is 5.69 Å². The number of nitrogens with two attached hydrogens (primary N) is 1. The Morgan fingerprint density at radius 1 is 1.29 bits per heavy atom. The fraction of sp³-hybridized carbons (Fsp3) is 0.455. The fourth-order valence-electron chi connectivity index (χ4n) is 1.32. The van der Waals surface area contributed by atoms with E-state index >= 15 is 0 Å². The van der Waals surface area contributed by atoms with Gasteiger partial charge in [-0.25, -0.2) is 9.78 Å². The van der Waals surface area contributed by atoms with Gasteiger partial charge in [-0.05, 0) is 12.1 Å². The standard InChI is InChI=1S/C11H18N4O2/c12-4-5-13-6-7-14-8-9-2-1-3-10(15-9)11(16)17/h1-3,13-14H,4-8,12H2,(H,16,17). The van der Waals surface area contributed by atoms with Gasteiger partial charge in [0.25, 0.3) is 0 Å². The predicted octanol–water partition coefficient (Wildman–Crippen LogP) is -0.582. The van der Waals surface area contributed by atoms with Gasteiger partial charge >= 0.3 is 5.97 Å². The summed E-state index contributed by atoms with van der Waals surface area (Å²) in [5, 5.41) is 15.1. The van der Waals surface area contributed by atoms with E-state index in [4.69, 9.17) is 10.8 Å². The van der Waals surface area contributed by atoms with Gasteiger partial charge in [0.1, 0.15) is 5.69 Å². The molecule has 0 aliphatic rings. The minimum Gasteiger partial charge on any atom is -0.477 e. The number of aromatic carboxylic acids is 1. The molecule has 0 saturated carbocycles. The second-order valence-corrected chi connectivity index (χ2v) is 3.53. The molecule has 0 unspecified atom stereocenters. The van der Waals surface area contributed by atoms with Crippen LogP contribution in [0.15, 0.2) is 18.2 Å². The van der Waals surface area contributed by atoms with Crippen molar-refractivity contribution in [2.75, 3.05) is 26.2 Å². The van der Waals surface area contributed by atoms with E-state index in [1.54, 1.807) is 12.1 Å². The Morgan fingerprint density at radius 2 is 2.06 bits per heavy atom. The second-order valence-electron chi connectivity index (χ2n) is 3.53. The van der Waals surface area contributed by atoms with Crippen LogP contribution in [0, 0.1) is 0 Å². The number of pyridine rings is 1.